The third kappa shape index (κ3) is 6.03. The average Bonchev–Trinajstić information content (AvgIpc) is 3.46. The first-order chi connectivity index (χ1) is 18.9. The zero-order valence-corrected chi connectivity index (χ0v) is 21.8. The van der Waals surface area contributed by atoms with Crippen LogP contribution in [0.2, 0.25) is 0 Å². The minimum atomic E-state index is -4.97. The second-order valence-electron chi connectivity index (χ2n) is 9.35. The first-order valence-electron chi connectivity index (χ1n) is 12.1. The molecule has 0 unspecified atom stereocenters. The van der Waals surface area contributed by atoms with E-state index in [1.165, 1.54) is 22.6 Å². The number of methoxy groups -OCH3 is 1. The van der Waals surface area contributed by atoms with Crippen molar-refractivity contribution in [1.82, 2.24) is 20.0 Å². The fourth-order valence-corrected chi connectivity index (χ4v) is 5.58. The van der Waals surface area contributed by atoms with Crippen LogP contribution < -0.4 is 5.32 Å². The molecule has 3 aromatic rings. The quantitative estimate of drug-likeness (QED) is 0.337. The third-order valence-electron chi connectivity index (χ3n) is 6.53. The van der Waals surface area contributed by atoms with Gasteiger partial charge in [-0.15, -0.1) is 0 Å². The zero-order chi connectivity index (χ0) is 28.7. The number of carbonyl (C=O) groups excluding carboxylic acids is 1. The lowest BCUT2D eigenvalue weighted by Gasteiger charge is -2.34. The van der Waals surface area contributed by atoms with Crippen molar-refractivity contribution in [2.24, 2.45) is 4.99 Å². The molecule has 1 atom stereocenters. The number of benzene rings is 2. The molecule has 2 aliphatic rings. The van der Waals surface area contributed by atoms with Crippen molar-refractivity contribution < 1.29 is 35.9 Å². The summed E-state index contributed by atoms with van der Waals surface area (Å²) in [5, 5.41) is 8.72. The highest BCUT2D eigenvalue weighted by atomic mass is 32.2. The molecule has 2 aliphatic heterocycles. The number of aliphatic imine (C=N–C) groups is 1. The topological polar surface area (TPSA) is 71.8 Å². The third-order valence-corrected chi connectivity index (χ3v) is 7.57. The number of amides is 1. The summed E-state index contributed by atoms with van der Waals surface area (Å²) in [6.45, 7) is 2.25. The smallest absolute Gasteiger partial charge is 0.383 e. The largest absolute Gasteiger partial charge is 0.416 e. The standard InChI is InChI=1S/C26H23F6N5O2S/c1-39-14-19-13-36(7-6-33-19)24-35-23(38)22(40-24)9-15-2-5-21-17(8-15)11-34-37(21)12-16-3-4-18(25(27,28)29)10-20(16)26(30,31)32/h2-5,8-11,19,33H,6-7,12-14H2,1H3/t19-/m0/s1. The van der Waals surface area contributed by atoms with Crippen LogP contribution in [0.5, 0.6) is 0 Å². The van der Waals surface area contributed by atoms with Crippen LogP contribution in [0.1, 0.15) is 22.3 Å². The highest BCUT2D eigenvalue weighted by Crippen LogP contribution is 2.38. The summed E-state index contributed by atoms with van der Waals surface area (Å²) in [7, 11) is 1.63. The molecule has 3 heterocycles. The van der Waals surface area contributed by atoms with Crippen molar-refractivity contribution in [1.29, 1.82) is 0 Å². The lowest BCUT2D eigenvalue weighted by Crippen LogP contribution is -2.53. The molecular weight excluding hydrogens is 560 g/mol. The van der Waals surface area contributed by atoms with Crippen LogP contribution in [0.25, 0.3) is 17.0 Å². The number of ether oxygens (including phenoxy) is 1. The van der Waals surface area contributed by atoms with Crippen molar-refractivity contribution in [3.05, 3.63) is 69.8 Å². The van der Waals surface area contributed by atoms with E-state index in [2.05, 4.69) is 15.4 Å². The molecule has 0 saturated carbocycles. The molecule has 2 aromatic carbocycles. The number of alkyl halides is 6. The SMILES string of the molecule is COC[C@@H]1CN(C2=NC(=O)C(=Cc3ccc4c(cnn4Cc4ccc(C(F)(F)F)cc4C(F)(F)F)c3)S2)CCN1. The Balaban J connectivity index is 1.35. The lowest BCUT2D eigenvalue weighted by atomic mass is 10.0. The predicted molar refractivity (Wildman–Crippen MR) is 139 cm³/mol. The van der Waals surface area contributed by atoms with Gasteiger partial charge in [0.25, 0.3) is 5.91 Å². The minimum Gasteiger partial charge on any atom is -0.383 e. The fraction of sp³-hybridized carbons (Fsp3) is 0.346. The Morgan fingerprint density at radius 1 is 1.12 bits per heavy atom. The molecule has 212 valence electrons. The van der Waals surface area contributed by atoms with Gasteiger partial charge in [-0.3, -0.25) is 9.48 Å². The summed E-state index contributed by atoms with van der Waals surface area (Å²) in [5.41, 5.74) is -1.91. The highest BCUT2D eigenvalue weighted by molar-refractivity contribution is 8.18. The molecule has 0 radical (unpaired) electrons. The Labute approximate surface area is 228 Å². The number of nitrogens with one attached hydrogen (secondary N) is 1. The molecule has 0 spiro atoms. The second kappa shape index (κ2) is 10.9. The molecule has 1 amide bonds. The fourth-order valence-electron chi connectivity index (χ4n) is 4.63. The summed E-state index contributed by atoms with van der Waals surface area (Å²) in [6, 6.07) is 6.77. The van der Waals surface area contributed by atoms with Crippen LogP contribution >= 0.6 is 11.8 Å². The highest BCUT2D eigenvalue weighted by Gasteiger charge is 2.38. The molecule has 1 saturated heterocycles. The average molecular weight is 584 g/mol. The van der Waals surface area contributed by atoms with Gasteiger partial charge < -0.3 is 15.0 Å². The summed E-state index contributed by atoms with van der Waals surface area (Å²) >= 11 is 1.27. The van der Waals surface area contributed by atoms with Crippen LogP contribution in [0, 0.1) is 0 Å². The normalized spacial score (nSPS) is 19.6. The van der Waals surface area contributed by atoms with Crippen molar-refractivity contribution in [3.63, 3.8) is 0 Å². The van der Waals surface area contributed by atoms with E-state index in [1.807, 2.05) is 4.90 Å². The number of hydrogen-bond acceptors (Lipinski definition) is 6. The first kappa shape index (κ1) is 28.2. The maximum Gasteiger partial charge on any atom is 0.416 e. The van der Waals surface area contributed by atoms with Crippen LogP contribution in [-0.2, 0) is 28.4 Å². The van der Waals surface area contributed by atoms with Crippen LogP contribution in [0.3, 0.4) is 0 Å². The van der Waals surface area contributed by atoms with Gasteiger partial charge in [-0.2, -0.15) is 36.4 Å². The Hall–Kier alpha value is -3.36. The van der Waals surface area contributed by atoms with Gasteiger partial charge in [0.15, 0.2) is 5.17 Å². The predicted octanol–water partition coefficient (Wildman–Crippen LogP) is 5.01. The van der Waals surface area contributed by atoms with Gasteiger partial charge in [0.2, 0.25) is 0 Å². The molecular formula is C26H23F6N5O2S. The Bertz CT molecular complexity index is 1490. The monoisotopic (exact) mass is 583 g/mol. The van der Waals surface area contributed by atoms with Gasteiger partial charge in [-0.25, -0.2) is 0 Å². The molecule has 7 nitrogen and oxygen atoms in total. The number of nitrogens with zero attached hydrogens (tertiary/aromatic N) is 4. The maximum atomic E-state index is 13.6. The number of carbonyl (C=O) groups is 1. The van der Waals surface area contributed by atoms with Gasteiger partial charge in [0, 0.05) is 38.2 Å². The first-order valence-corrected chi connectivity index (χ1v) is 13.0. The van der Waals surface area contributed by atoms with Crippen molar-refractivity contribution in [3.8, 4) is 0 Å². The molecule has 1 N–H and O–H groups in total. The van der Waals surface area contributed by atoms with Crippen molar-refractivity contribution >= 4 is 39.8 Å². The van der Waals surface area contributed by atoms with Crippen LogP contribution in [0.4, 0.5) is 26.3 Å². The van der Waals surface area contributed by atoms with Gasteiger partial charge in [-0.05, 0) is 53.2 Å². The number of hydrogen-bond donors (Lipinski definition) is 1. The van der Waals surface area contributed by atoms with Crippen molar-refractivity contribution in [2.45, 2.75) is 24.9 Å². The van der Waals surface area contributed by atoms with Gasteiger partial charge in [-0.1, -0.05) is 12.1 Å². The van der Waals surface area contributed by atoms with E-state index >= 15 is 0 Å². The molecule has 1 aromatic heterocycles. The number of amidine groups is 1. The molecule has 0 bridgehead atoms. The number of rotatable bonds is 5. The molecule has 0 aliphatic carbocycles. The molecule has 5 rings (SSSR count). The van der Waals surface area contributed by atoms with E-state index in [4.69, 9.17) is 4.74 Å². The van der Waals surface area contributed by atoms with E-state index in [9.17, 15) is 31.1 Å². The van der Waals surface area contributed by atoms with E-state index in [1.54, 1.807) is 31.4 Å². The summed E-state index contributed by atoms with van der Waals surface area (Å²) < 4.78 is 86.3. The second-order valence-corrected chi connectivity index (χ2v) is 10.4. The molecule has 40 heavy (non-hydrogen) atoms. The summed E-state index contributed by atoms with van der Waals surface area (Å²) in [6.07, 6.45) is -6.73. The van der Waals surface area contributed by atoms with Gasteiger partial charge >= 0.3 is 12.4 Å². The minimum absolute atomic E-state index is 0.121. The van der Waals surface area contributed by atoms with E-state index < -0.39 is 23.5 Å². The molecule has 1 fully saturated rings. The van der Waals surface area contributed by atoms with Gasteiger partial charge in [0.1, 0.15) is 0 Å². The van der Waals surface area contributed by atoms with Gasteiger partial charge in [0.05, 0.1) is 40.9 Å². The zero-order valence-electron chi connectivity index (χ0n) is 21.0. The van der Waals surface area contributed by atoms with Crippen LogP contribution in [0.15, 0.2) is 52.5 Å². The number of thioether (sulfide) groups is 1. The number of aromatic nitrogens is 2. The Morgan fingerprint density at radius 3 is 2.65 bits per heavy atom. The van der Waals surface area contributed by atoms with Crippen LogP contribution in [-0.4, -0.2) is 65.1 Å². The summed E-state index contributed by atoms with van der Waals surface area (Å²) in [5.74, 6) is -0.361. The number of fused-ring (bicyclic) bond motifs is 1. The van der Waals surface area contributed by atoms with E-state index in [-0.39, 0.29) is 30.1 Å². The van der Waals surface area contributed by atoms with E-state index in [0.29, 0.717) is 52.3 Å². The maximum absolute atomic E-state index is 13.6. The lowest BCUT2D eigenvalue weighted by molar-refractivity contribution is -0.143. The summed E-state index contributed by atoms with van der Waals surface area (Å²) in [4.78, 5) is 19.3. The van der Waals surface area contributed by atoms with Crippen molar-refractivity contribution in [2.75, 3.05) is 33.4 Å². The number of piperazine rings is 1. The Morgan fingerprint density at radius 2 is 1.93 bits per heavy atom. The molecule has 14 heteroatoms. The Kier molecular flexibility index (Phi) is 7.68. The number of halogens is 6. The van der Waals surface area contributed by atoms with E-state index in [0.717, 1.165) is 12.6 Å².